The number of anilines is 1. The first-order valence-corrected chi connectivity index (χ1v) is 7.99. The van der Waals surface area contributed by atoms with Crippen LogP contribution in [-0.4, -0.2) is 24.9 Å². The van der Waals surface area contributed by atoms with Crippen molar-refractivity contribution in [1.29, 1.82) is 0 Å². The molecule has 0 saturated carbocycles. The zero-order valence-electron chi connectivity index (χ0n) is 13.4. The number of nitrogens with two attached hydrogens (primary N) is 1. The zero-order valence-corrected chi connectivity index (χ0v) is 14.2. The number of rotatable bonds is 2. The van der Waals surface area contributed by atoms with Gasteiger partial charge in [-0.25, -0.2) is 9.59 Å². The molecule has 0 unspecified atom stereocenters. The summed E-state index contributed by atoms with van der Waals surface area (Å²) in [5.74, 6) is -0.224. The van der Waals surface area contributed by atoms with Gasteiger partial charge < -0.3 is 10.7 Å². The lowest BCUT2D eigenvalue weighted by Gasteiger charge is -2.07. The Morgan fingerprint density at radius 3 is 2.22 bits per heavy atom. The first kappa shape index (κ1) is 16.7. The minimum Gasteiger partial charge on any atom is -0.384 e. The van der Waals surface area contributed by atoms with Gasteiger partial charge in [0, 0.05) is 16.1 Å². The van der Waals surface area contributed by atoms with Crippen molar-refractivity contribution in [3.63, 3.8) is 0 Å². The summed E-state index contributed by atoms with van der Waals surface area (Å²) in [4.78, 5) is 59.9. The Morgan fingerprint density at radius 2 is 1.52 bits per heavy atom. The van der Waals surface area contributed by atoms with Crippen LogP contribution < -0.4 is 28.2 Å². The van der Waals surface area contributed by atoms with E-state index in [1.807, 2.05) is 0 Å². The van der Waals surface area contributed by atoms with Gasteiger partial charge in [-0.15, -0.1) is 0 Å². The molecule has 0 spiro atoms. The molecule has 0 radical (unpaired) electrons. The Kier molecular flexibility index (Phi) is 3.63. The first-order chi connectivity index (χ1) is 12.8. The number of fused-ring (bicyclic) bond motifs is 1. The van der Waals surface area contributed by atoms with Crippen LogP contribution in [0.5, 0.6) is 0 Å². The molecule has 11 heteroatoms. The maximum absolute atomic E-state index is 12.5. The summed E-state index contributed by atoms with van der Waals surface area (Å²) in [6.45, 7) is 0. The quantitative estimate of drug-likeness (QED) is 0.293. The average Bonchev–Trinajstić information content (AvgIpc) is 2.93. The average molecular weight is 387 g/mol. The lowest BCUT2D eigenvalue weighted by Crippen LogP contribution is -2.26. The highest BCUT2D eigenvalue weighted by Gasteiger charge is 2.23. The van der Waals surface area contributed by atoms with Gasteiger partial charge in [0.2, 0.25) is 0 Å². The normalized spacial score (nSPS) is 11.1. The van der Waals surface area contributed by atoms with Crippen LogP contribution in [0.4, 0.5) is 5.82 Å². The van der Waals surface area contributed by atoms with E-state index in [4.69, 9.17) is 17.3 Å². The SMILES string of the molecule is Nc1[nH]c(=O)[nH]c(=O)c1-c1c(-c2cccc(Cl)c2)[nH]c2[nH]c(=O)[nH]c(=O)c12. The third kappa shape index (κ3) is 2.68. The maximum Gasteiger partial charge on any atom is 0.327 e. The Balaban J connectivity index is 2.24. The van der Waals surface area contributed by atoms with E-state index in [1.54, 1.807) is 24.3 Å². The van der Waals surface area contributed by atoms with Gasteiger partial charge in [0.15, 0.2) is 0 Å². The molecule has 1 aromatic carbocycles. The fourth-order valence-electron chi connectivity index (χ4n) is 2.99. The van der Waals surface area contributed by atoms with Crippen molar-refractivity contribution in [2.45, 2.75) is 0 Å². The second-order valence-electron chi connectivity index (χ2n) is 5.74. The van der Waals surface area contributed by atoms with Crippen LogP contribution in [0.15, 0.2) is 43.4 Å². The second kappa shape index (κ2) is 5.88. The van der Waals surface area contributed by atoms with Gasteiger partial charge >= 0.3 is 11.4 Å². The molecule has 3 heterocycles. The van der Waals surface area contributed by atoms with Gasteiger partial charge in [-0.1, -0.05) is 23.7 Å². The molecule has 0 fully saturated rings. The van der Waals surface area contributed by atoms with Crippen LogP contribution in [-0.2, 0) is 0 Å². The number of aromatic amines is 5. The van der Waals surface area contributed by atoms with Gasteiger partial charge in [0.25, 0.3) is 11.1 Å². The lowest BCUT2D eigenvalue weighted by molar-refractivity contribution is 1.05. The van der Waals surface area contributed by atoms with E-state index >= 15 is 0 Å². The number of aromatic nitrogens is 5. The van der Waals surface area contributed by atoms with Crippen LogP contribution in [0.1, 0.15) is 0 Å². The summed E-state index contributed by atoms with van der Waals surface area (Å²) in [5.41, 5.74) is 3.81. The number of H-pyrrole nitrogens is 5. The number of hydrogen-bond acceptors (Lipinski definition) is 5. The van der Waals surface area contributed by atoms with E-state index in [2.05, 4.69) is 24.9 Å². The number of halogens is 1. The molecule has 0 aliphatic rings. The topological polar surface area (TPSA) is 173 Å². The standard InChI is InChI=1S/C16H11ClN6O4/c17-6-3-1-2-5(4-6)10-7(8-11(18)20-15(26)22-13(8)24)9-12(19-10)21-16(27)23-14(9)25/h1-4H,(H4,18,20,22,24,26)(H3,19,21,23,25,27). The first-order valence-electron chi connectivity index (χ1n) is 7.62. The van der Waals surface area contributed by atoms with E-state index in [9.17, 15) is 19.2 Å². The Bertz CT molecular complexity index is 1440. The molecule has 10 nitrogen and oxygen atoms in total. The summed E-state index contributed by atoms with van der Waals surface area (Å²) in [5, 5.41) is 0.427. The molecule has 0 aliphatic heterocycles. The molecule has 4 rings (SSSR count). The second-order valence-corrected chi connectivity index (χ2v) is 6.18. The molecular formula is C16H11ClN6O4. The summed E-state index contributed by atoms with van der Waals surface area (Å²) in [6, 6.07) is 6.64. The molecule has 3 aromatic heterocycles. The van der Waals surface area contributed by atoms with Crippen LogP contribution >= 0.6 is 11.6 Å². The van der Waals surface area contributed by atoms with Crippen molar-refractivity contribution in [2.24, 2.45) is 0 Å². The molecule has 0 bridgehead atoms. The van der Waals surface area contributed by atoms with Crippen molar-refractivity contribution in [3.8, 4) is 22.4 Å². The van der Waals surface area contributed by atoms with Crippen LogP contribution in [0.25, 0.3) is 33.4 Å². The third-order valence-corrected chi connectivity index (χ3v) is 4.26. The highest BCUT2D eigenvalue weighted by Crippen LogP contribution is 2.36. The minimum absolute atomic E-state index is 0.00817. The van der Waals surface area contributed by atoms with E-state index in [0.29, 0.717) is 16.3 Å². The van der Waals surface area contributed by atoms with Crippen LogP contribution in [0, 0.1) is 0 Å². The van der Waals surface area contributed by atoms with Crippen molar-refractivity contribution in [2.75, 3.05) is 5.73 Å². The highest BCUT2D eigenvalue weighted by molar-refractivity contribution is 6.30. The highest BCUT2D eigenvalue weighted by atomic mass is 35.5. The molecular weight excluding hydrogens is 376 g/mol. The number of benzene rings is 1. The number of nitrogen functional groups attached to an aromatic ring is 1. The number of hydrogen-bond donors (Lipinski definition) is 6. The number of nitrogens with one attached hydrogen (secondary N) is 5. The Hall–Kier alpha value is -3.79. The van der Waals surface area contributed by atoms with Crippen molar-refractivity contribution in [3.05, 3.63) is 71.0 Å². The summed E-state index contributed by atoms with van der Waals surface area (Å²) in [6.07, 6.45) is 0. The zero-order chi connectivity index (χ0) is 19.3. The van der Waals surface area contributed by atoms with E-state index in [1.165, 1.54) is 0 Å². The van der Waals surface area contributed by atoms with Crippen LogP contribution in [0.3, 0.4) is 0 Å². The van der Waals surface area contributed by atoms with Gasteiger partial charge in [-0.05, 0) is 12.1 Å². The molecule has 0 amide bonds. The third-order valence-electron chi connectivity index (χ3n) is 4.03. The maximum atomic E-state index is 12.5. The largest absolute Gasteiger partial charge is 0.384 e. The minimum atomic E-state index is -0.786. The lowest BCUT2D eigenvalue weighted by atomic mass is 10.0. The van der Waals surface area contributed by atoms with Crippen molar-refractivity contribution in [1.82, 2.24) is 24.9 Å². The molecule has 7 N–H and O–H groups in total. The van der Waals surface area contributed by atoms with Gasteiger partial charge in [-0.2, -0.15) is 0 Å². The van der Waals surface area contributed by atoms with E-state index in [-0.39, 0.29) is 28.0 Å². The van der Waals surface area contributed by atoms with E-state index in [0.717, 1.165) is 0 Å². The Labute approximate surface area is 153 Å². The smallest absolute Gasteiger partial charge is 0.327 e. The molecule has 0 atom stereocenters. The van der Waals surface area contributed by atoms with Gasteiger partial charge in [-0.3, -0.25) is 29.5 Å². The predicted octanol–water partition coefficient (Wildman–Crippen LogP) is 0.491. The van der Waals surface area contributed by atoms with Crippen LogP contribution in [0.2, 0.25) is 5.02 Å². The fraction of sp³-hybridized carbons (Fsp3) is 0. The molecule has 0 saturated heterocycles. The van der Waals surface area contributed by atoms with E-state index < -0.39 is 22.5 Å². The molecule has 136 valence electrons. The molecule has 27 heavy (non-hydrogen) atoms. The predicted molar refractivity (Wildman–Crippen MR) is 101 cm³/mol. The fourth-order valence-corrected chi connectivity index (χ4v) is 3.18. The molecule has 0 aliphatic carbocycles. The van der Waals surface area contributed by atoms with Crippen molar-refractivity contribution >= 4 is 28.5 Å². The van der Waals surface area contributed by atoms with Crippen molar-refractivity contribution < 1.29 is 0 Å². The Morgan fingerprint density at radius 1 is 0.815 bits per heavy atom. The van der Waals surface area contributed by atoms with Gasteiger partial charge in [0.1, 0.15) is 11.5 Å². The summed E-state index contributed by atoms with van der Waals surface area (Å²) < 4.78 is 0. The molecule has 4 aromatic rings. The monoisotopic (exact) mass is 386 g/mol. The summed E-state index contributed by atoms with van der Waals surface area (Å²) >= 11 is 6.05. The summed E-state index contributed by atoms with van der Waals surface area (Å²) in [7, 11) is 0. The van der Waals surface area contributed by atoms with Gasteiger partial charge in [0.05, 0.1) is 16.6 Å².